The fourth-order valence-electron chi connectivity index (χ4n) is 1.74. The van der Waals surface area contributed by atoms with Crippen molar-refractivity contribution in [1.29, 1.82) is 0 Å². The Labute approximate surface area is 127 Å². The molecule has 0 saturated carbocycles. The van der Waals surface area contributed by atoms with Crippen molar-refractivity contribution in [2.24, 2.45) is 5.92 Å². The highest BCUT2D eigenvalue weighted by molar-refractivity contribution is 5.30. The maximum Gasteiger partial charge on any atom is 0.142 e. The van der Waals surface area contributed by atoms with Gasteiger partial charge in [-0.25, -0.2) is 0 Å². The summed E-state index contributed by atoms with van der Waals surface area (Å²) in [5.74, 6) is 3.26. The summed E-state index contributed by atoms with van der Waals surface area (Å²) in [6.07, 6.45) is 0. The highest BCUT2D eigenvalue weighted by Crippen LogP contribution is 2.32. The zero-order valence-corrected chi connectivity index (χ0v) is 15.7. The van der Waals surface area contributed by atoms with Gasteiger partial charge in [0.2, 0.25) is 0 Å². The Bertz CT molecular complexity index is 307. The van der Waals surface area contributed by atoms with E-state index in [-0.39, 0.29) is 0 Å². The molecule has 0 atom stereocenters. The van der Waals surface area contributed by atoms with E-state index >= 15 is 0 Å². The smallest absolute Gasteiger partial charge is 0.142 e. The van der Waals surface area contributed by atoms with E-state index in [1.807, 2.05) is 13.8 Å². The Hall–Kier alpha value is -0.790. The molecule has 1 aromatic rings. The molecule has 0 aliphatic rings. The van der Waals surface area contributed by atoms with Gasteiger partial charge in [-0.2, -0.15) is 0 Å². The second-order valence-corrected chi connectivity index (χ2v) is 6.54. The molecule has 0 bridgehead atoms. The van der Waals surface area contributed by atoms with E-state index in [4.69, 9.17) is 4.52 Å². The van der Waals surface area contributed by atoms with Gasteiger partial charge >= 0.3 is 0 Å². The van der Waals surface area contributed by atoms with E-state index in [0.29, 0.717) is 17.8 Å². The molecule has 0 unspecified atom stereocenters. The van der Waals surface area contributed by atoms with Gasteiger partial charge in [0.1, 0.15) is 5.76 Å². The Kier molecular flexibility index (Phi) is 11.8. The Morgan fingerprint density at radius 1 is 0.700 bits per heavy atom. The molecule has 1 rings (SSSR count). The number of hydrogen-bond donors (Lipinski definition) is 0. The first kappa shape index (κ1) is 21.5. The van der Waals surface area contributed by atoms with Crippen LogP contribution in [0.1, 0.15) is 111 Å². The Morgan fingerprint density at radius 3 is 1.35 bits per heavy atom. The molecule has 0 saturated heterocycles. The fourth-order valence-corrected chi connectivity index (χ4v) is 1.74. The highest BCUT2D eigenvalue weighted by Gasteiger charge is 2.22. The van der Waals surface area contributed by atoms with Gasteiger partial charge in [0, 0.05) is 11.5 Å². The van der Waals surface area contributed by atoms with Crippen LogP contribution in [0.2, 0.25) is 0 Å². The summed E-state index contributed by atoms with van der Waals surface area (Å²) in [6.45, 7) is 23.5. The van der Waals surface area contributed by atoms with E-state index in [2.05, 4.69) is 67.5 Å². The minimum atomic E-state index is 0.424. The van der Waals surface area contributed by atoms with Crippen LogP contribution < -0.4 is 0 Å². The van der Waals surface area contributed by atoms with Crippen LogP contribution in [0.15, 0.2) is 4.52 Å². The molecule has 0 aliphatic heterocycles. The molecule has 0 amide bonds. The summed E-state index contributed by atoms with van der Waals surface area (Å²) in [5, 5.41) is 4.18. The SMILES string of the molecule is CC.CC(C)C.CC(C)c1noc(C(C)C)c1C(C)C. The fraction of sp³-hybridized carbons (Fsp3) is 0.833. The van der Waals surface area contributed by atoms with Crippen molar-refractivity contribution < 1.29 is 4.52 Å². The van der Waals surface area contributed by atoms with E-state index < -0.39 is 0 Å². The quantitative estimate of drug-likeness (QED) is 0.614. The van der Waals surface area contributed by atoms with E-state index in [0.717, 1.165) is 17.4 Å². The summed E-state index contributed by atoms with van der Waals surface area (Å²) in [7, 11) is 0. The zero-order chi connectivity index (χ0) is 16.5. The summed E-state index contributed by atoms with van der Waals surface area (Å²) >= 11 is 0. The lowest BCUT2D eigenvalue weighted by molar-refractivity contribution is 0.362. The molecule has 0 aliphatic carbocycles. The molecule has 2 nitrogen and oxygen atoms in total. The van der Waals surface area contributed by atoms with Crippen LogP contribution >= 0.6 is 0 Å². The summed E-state index contributed by atoms with van der Waals surface area (Å²) in [4.78, 5) is 0. The van der Waals surface area contributed by atoms with Gasteiger partial charge < -0.3 is 4.52 Å². The molecule has 0 radical (unpaired) electrons. The molecule has 0 aromatic carbocycles. The summed E-state index contributed by atoms with van der Waals surface area (Å²) in [6, 6.07) is 0. The normalized spacial score (nSPS) is 10.6. The van der Waals surface area contributed by atoms with Crippen molar-refractivity contribution in [1.82, 2.24) is 5.16 Å². The van der Waals surface area contributed by atoms with E-state index in [1.54, 1.807) is 0 Å². The average Bonchev–Trinajstić information content (AvgIpc) is 2.75. The van der Waals surface area contributed by atoms with Crippen LogP contribution in [0.5, 0.6) is 0 Å². The third-order valence-electron chi connectivity index (χ3n) is 2.43. The molecule has 0 fully saturated rings. The van der Waals surface area contributed by atoms with Crippen molar-refractivity contribution in [3.05, 3.63) is 17.0 Å². The van der Waals surface area contributed by atoms with Crippen LogP contribution in [0.4, 0.5) is 0 Å². The largest absolute Gasteiger partial charge is 0.361 e. The lowest BCUT2D eigenvalue weighted by Crippen LogP contribution is -2.00. The molecule has 0 spiro atoms. The number of nitrogens with zero attached hydrogens (tertiary/aromatic N) is 1. The van der Waals surface area contributed by atoms with Gasteiger partial charge in [-0.05, 0) is 17.8 Å². The zero-order valence-electron chi connectivity index (χ0n) is 15.7. The van der Waals surface area contributed by atoms with Gasteiger partial charge in [0.25, 0.3) is 0 Å². The minimum absolute atomic E-state index is 0.424. The molecule has 20 heavy (non-hydrogen) atoms. The van der Waals surface area contributed by atoms with Crippen molar-refractivity contribution in [3.63, 3.8) is 0 Å². The predicted octanol–water partition coefficient (Wildman–Crippen LogP) is 6.73. The molecular weight excluding hydrogens is 246 g/mol. The van der Waals surface area contributed by atoms with Gasteiger partial charge in [0.05, 0.1) is 5.69 Å². The molecule has 120 valence electrons. The summed E-state index contributed by atoms with van der Waals surface area (Å²) in [5.41, 5.74) is 2.44. The first-order chi connectivity index (χ1) is 9.18. The average molecular weight is 284 g/mol. The topological polar surface area (TPSA) is 26.0 Å². The highest BCUT2D eigenvalue weighted by atomic mass is 16.5. The lowest BCUT2D eigenvalue weighted by atomic mass is 9.92. The van der Waals surface area contributed by atoms with Gasteiger partial charge in [-0.15, -0.1) is 0 Å². The number of aromatic nitrogens is 1. The van der Waals surface area contributed by atoms with Gasteiger partial charge in [0.15, 0.2) is 0 Å². The second-order valence-electron chi connectivity index (χ2n) is 6.54. The third-order valence-corrected chi connectivity index (χ3v) is 2.43. The van der Waals surface area contributed by atoms with Crippen LogP contribution in [-0.2, 0) is 0 Å². The van der Waals surface area contributed by atoms with Gasteiger partial charge in [-0.3, -0.25) is 0 Å². The van der Waals surface area contributed by atoms with Crippen LogP contribution in [0.3, 0.4) is 0 Å². The van der Waals surface area contributed by atoms with Crippen molar-refractivity contribution >= 4 is 0 Å². The molecule has 1 aromatic heterocycles. The van der Waals surface area contributed by atoms with E-state index in [9.17, 15) is 0 Å². The standard InChI is InChI=1S/C12H21NO.C4H10.C2H6/c1-7(2)10-11(8(3)4)13-14-12(10)9(5)6;1-4(2)3;1-2/h7-9H,1-6H3;4H,1-3H3;1-2H3. The van der Waals surface area contributed by atoms with Crippen LogP contribution in [-0.4, -0.2) is 5.16 Å². The number of rotatable bonds is 3. The lowest BCUT2D eigenvalue weighted by Gasteiger charge is -2.10. The Balaban J connectivity index is 0. The van der Waals surface area contributed by atoms with Crippen molar-refractivity contribution in [2.75, 3.05) is 0 Å². The first-order valence-corrected chi connectivity index (χ1v) is 8.17. The minimum Gasteiger partial charge on any atom is -0.361 e. The summed E-state index contributed by atoms with van der Waals surface area (Å²) < 4.78 is 5.43. The van der Waals surface area contributed by atoms with Crippen molar-refractivity contribution in [2.45, 2.75) is 93.9 Å². The van der Waals surface area contributed by atoms with E-state index in [1.165, 1.54) is 5.56 Å². The second kappa shape index (κ2) is 10.9. The van der Waals surface area contributed by atoms with Crippen LogP contribution in [0.25, 0.3) is 0 Å². The number of hydrogen-bond acceptors (Lipinski definition) is 2. The van der Waals surface area contributed by atoms with Gasteiger partial charge in [-0.1, -0.05) is 81.3 Å². The monoisotopic (exact) mass is 283 g/mol. The molecule has 2 heteroatoms. The molecule has 0 N–H and O–H groups in total. The van der Waals surface area contributed by atoms with Crippen molar-refractivity contribution in [3.8, 4) is 0 Å². The Morgan fingerprint density at radius 2 is 1.10 bits per heavy atom. The predicted molar refractivity (Wildman–Crippen MR) is 90.6 cm³/mol. The molecule has 1 heterocycles. The van der Waals surface area contributed by atoms with Crippen LogP contribution in [0, 0.1) is 5.92 Å². The first-order valence-electron chi connectivity index (χ1n) is 8.17. The maximum absolute atomic E-state index is 5.43. The maximum atomic E-state index is 5.43. The molecular formula is C18H37NO. The third kappa shape index (κ3) is 7.72.